The van der Waals surface area contributed by atoms with Crippen LogP contribution in [0.4, 0.5) is 8.78 Å². The molecule has 152 valence electrons. The van der Waals surface area contributed by atoms with Crippen molar-refractivity contribution in [3.05, 3.63) is 29.8 Å². The Morgan fingerprint density at radius 2 is 1.89 bits per heavy atom. The maximum absolute atomic E-state index is 13.8. The van der Waals surface area contributed by atoms with Crippen molar-refractivity contribution in [1.29, 1.82) is 0 Å². The summed E-state index contributed by atoms with van der Waals surface area (Å²) in [4.78, 5) is 12.3. The number of nitrogens with one attached hydrogen (secondary N) is 2. The minimum absolute atomic E-state index is 0.0472. The van der Waals surface area contributed by atoms with Crippen molar-refractivity contribution >= 4 is 15.9 Å². The number of rotatable bonds is 9. The molecule has 27 heavy (non-hydrogen) atoms. The molecule has 9 heteroatoms. The molecule has 1 fully saturated rings. The van der Waals surface area contributed by atoms with Gasteiger partial charge in [-0.2, -0.15) is 4.31 Å². The Morgan fingerprint density at radius 1 is 1.19 bits per heavy atom. The molecule has 1 aliphatic rings. The van der Waals surface area contributed by atoms with Gasteiger partial charge in [-0.25, -0.2) is 17.2 Å². The van der Waals surface area contributed by atoms with Crippen LogP contribution in [0, 0.1) is 11.6 Å². The number of quaternary nitrogens is 1. The van der Waals surface area contributed by atoms with E-state index in [1.165, 1.54) is 0 Å². The van der Waals surface area contributed by atoms with Crippen molar-refractivity contribution < 1.29 is 26.9 Å². The van der Waals surface area contributed by atoms with Crippen LogP contribution in [-0.4, -0.2) is 57.9 Å². The fourth-order valence-corrected chi connectivity index (χ4v) is 4.62. The molecule has 0 aromatic heterocycles. The first kappa shape index (κ1) is 21.7. The maximum Gasteiger partial charge on any atom is 0.275 e. The van der Waals surface area contributed by atoms with Gasteiger partial charge in [-0.3, -0.25) is 4.79 Å². The number of halogens is 2. The number of carbonyl (C=O) groups is 1. The number of unbranched alkanes of at least 4 members (excludes halogenated alkanes) is 3. The Balaban J connectivity index is 1.82. The van der Waals surface area contributed by atoms with Crippen LogP contribution < -0.4 is 10.2 Å². The average molecular weight is 405 g/mol. The first-order chi connectivity index (χ1) is 12.8. The molecule has 1 heterocycles. The number of benzene rings is 1. The Bertz CT molecular complexity index is 735. The van der Waals surface area contributed by atoms with E-state index in [0.717, 1.165) is 47.0 Å². The number of amides is 1. The number of sulfonamides is 1. The lowest BCUT2D eigenvalue weighted by Crippen LogP contribution is -3.15. The number of piperazine rings is 1. The molecule has 6 nitrogen and oxygen atoms in total. The summed E-state index contributed by atoms with van der Waals surface area (Å²) >= 11 is 0. The first-order valence-corrected chi connectivity index (χ1v) is 10.8. The fourth-order valence-electron chi connectivity index (χ4n) is 3.10. The van der Waals surface area contributed by atoms with Crippen molar-refractivity contribution in [2.75, 3.05) is 39.3 Å². The lowest BCUT2D eigenvalue weighted by atomic mass is 10.2. The summed E-state index contributed by atoms with van der Waals surface area (Å²) in [6.07, 6.45) is 4.35. The molecular formula is C18H28F2N3O3S+. The zero-order valence-corrected chi connectivity index (χ0v) is 16.5. The third-order valence-electron chi connectivity index (χ3n) is 4.70. The molecule has 0 aliphatic carbocycles. The summed E-state index contributed by atoms with van der Waals surface area (Å²) in [5.74, 6) is -1.81. The van der Waals surface area contributed by atoms with Gasteiger partial charge in [0.25, 0.3) is 5.91 Å². The van der Waals surface area contributed by atoms with E-state index in [4.69, 9.17) is 0 Å². The topological polar surface area (TPSA) is 70.9 Å². The van der Waals surface area contributed by atoms with Gasteiger partial charge in [0, 0.05) is 6.54 Å². The lowest BCUT2D eigenvalue weighted by Gasteiger charge is -2.31. The maximum atomic E-state index is 13.8. The SMILES string of the molecule is CCCCCCNC(=O)C[NH+]1CCN(S(=O)(=O)c2cc(F)ccc2F)CC1. The highest BCUT2D eigenvalue weighted by atomic mass is 32.2. The van der Waals surface area contributed by atoms with E-state index < -0.39 is 26.6 Å². The smallest absolute Gasteiger partial charge is 0.275 e. The molecule has 0 unspecified atom stereocenters. The Morgan fingerprint density at radius 3 is 2.56 bits per heavy atom. The van der Waals surface area contributed by atoms with E-state index in [1.54, 1.807) is 0 Å². The molecule has 0 spiro atoms. The predicted molar refractivity (Wildman–Crippen MR) is 97.8 cm³/mol. The molecule has 2 N–H and O–H groups in total. The van der Waals surface area contributed by atoms with Crippen molar-refractivity contribution in [2.45, 2.75) is 37.5 Å². The van der Waals surface area contributed by atoms with Gasteiger partial charge >= 0.3 is 0 Å². The summed E-state index contributed by atoms with van der Waals surface area (Å²) in [6, 6.07) is 2.40. The minimum atomic E-state index is -4.09. The van der Waals surface area contributed by atoms with E-state index in [-0.39, 0.29) is 25.5 Å². The van der Waals surface area contributed by atoms with Crippen LogP contribution in [0.2, 0.25) is 0 Å². The van der Waals surface area contributed by atoms with Crippen LogP contribution in [-0.2, 0) is 14.8 Å². The summed E-state index contributed by atoms with van der Waals surface area (Å²) < 4.78 is 53.4. The van der Waals surface area contributed by atoms with Gasteiger partial charge in [0.1, 0.15) is 16.5 Å². The summed E-state index contributed by atoms with van der Waals surface area (Å²) in [7, 11) is -4.09. The van der Waals surface area contributed by atoms with Gasteiger partial charge in [0.15, 0.2) is 6.54 Å². The second kappa shape index (κ2) is 10.1. The molecule has 1 saturated heterocycles. The number of nitrogens with zero attached hydrogens (tertiary/aromatic N) is 1. The molecule has 1 aromatic rings. The second-order valence-corrected chi connectivity index (χ2v) is 8.72. The molecule has 0 atom stereocenters. The van der Waals surface area contributed by atoms with Gasteiger partial charge in [-0.05, 0) is 24.6 Å². The minimum Gasteiger partial charge on any atom is -0.351 e. The highest BCUT2D eigenvalue weighted by Crippen LogP contribution is 2.20. The van der Waals surface area contributed by atoms with E-state index in [9.17, 15) is 22.0 Å². The highest BCUT2D eigenvalue weighted by molar-refractivity contribution is 7.89. The molecule has 0 radical (unpaired) electrons. The van der Waals surface area contributed by atoms with Crippen molar-refractivity contribution in [3.8, 4) is 0 Å². The monoisotopic (exact) mass is 404 g/mol. The number of hydrogen-bond acceptors (Lipinski definition) is 3. The quantitative estimate of drug-likeness (QED) is 0.591. The van der Waals surface area contributed by atoms with Crippen molar-refractivity contribution in [1.82, 2.24) is 9.62 Å². The van der Waals surface area contributed by atoms with Crippen LogP contribution in [0.3, 0.4) is 0 Å². The van der Waals surface area contributed by atoms with Gasteiger partial charge in [0.2, 0.25) is 10.0 Å². The second-order valence-electron chi connectivity index (χ2n) is 6.82. The Hall–Kier alpha value is -1.58. The van der Waals surface area contributed by atoms with Gasteiger partial charge in [-0.15, -0.1) is 0 Å². The summed E-state index contributed by atoms with van der Waals surface area (Å²) in [6.45, 7) is 4.29. The Kier molecular flexibility index (Phi) is 8.12. The van der Waals surface area contributed by atoms with Crippen LogP contribution in [0.15, 0.2) is 23.1 Å². The molecule has 1 aromatic carbocycles. The molecule has 1 aliphatic heterocycles. The van der Waals surface area contributed by atoms with Crippen molar-refractivity contribution in [2.24, 2.45) is 0 Å². The number of carbonyl (C=O) groups excluding carboxylic acids is 1. The normalized spacial score (nSPS) is 16.4. The predicted octanol–water partition coefficient (Wildman–Crippen LogP) is 0.551. The summed E-state index contributed by atoms with van der Waals surface area (Å²) in [5.41, 5.74) is 0. The molecule has 2 rings (SSSR count). The van der Waals surface area contributed by atoms with Gasteiger partial charge < -0.3 is 10.2 Å². The van der Waals surface area contributed by atoms with E-state index in [1.807, 2.05) is 0 Å². The van der Waals surface area contributed by atoms with Crippen LogP contribution >= 0.6 is 0 Å². The number of hydrogen-bond donors (Lipinski definition) is 2. The largest absolute Gasteiger partial charge is 0.351 e. The van der Waals surface area contributed by atoms with E-state index in [2.05, 4.69) is 12.2 Å². The van der Waals surface area contributed by atoms with Gasteiger partial charge in [-0.1, -0.05) is 26.2 Å². The van der Waals surface area contributed by atoms with E-state index in [0.29, 0.717) is 25.7 Å². The molecule has 0 saturated carbocycles. The van der Waals surface area contributed by atoms with Crippen molar-refractivity contribution in [3.63, 3.8) is 0 Å². The van der Waals surface area contributed by atoms with Crippen LogP contribution in [0.5, 0.6) is 0 Å². The molecule has 0 bridgehead atoms. The van der Waals surface area contributed by atoms with Crippen LogP contribution in [0.1, 0.15) is 32.6 Å². The van der Waals surface area contributed by atoms with Crippen LogP contribution in [0.25, 0.3) is 0 Å². The van der Waals surface area contributed by atoms with Gasteiger partial charge in [0.05, 0.1) is 26.2 Å². The average Bonchev–Trinajstić information content (AvgIpc) is 2.64. The standard InChI is InChI=1S/C18H27F2N3O3S/c1-2-3-4-5-8-21-18(24)14-22-9-11-23(12-10-22)27(25,26)17-13-15(19)6-7-16(17)20/h6-7,13H,2-5,8-12,14H2,1H3,(H,21,24)/p+1. The molecular weight excluding hydrogens is 376 g/mol. The molecule has 1 amide bonds. The lowest BCUT2D eigenvalue weighted by molar-refractivity contribution is -0.895. The summed E-state index contributed by atoms with van der Waals surface area (Å²) in [5, 5.41) is 2.89. The zero-order valence-electron chi connectivity index (χ0n) is 15.6. The first-order valence-electron chi connectivity index (χ1n) is 9.40. The van der Waals surface area contributed by atoms with E-state index >= 15 is 0 Å². The third-order valence-corrected chi connectivity index (χ3v) is 6.62. The Labute approximate surface area is 159 Å². The zero-order chi connectivity index (χ0) is 19.9. The highest BCUT2D eigenvalue weighted by Gasteiger charge is 2.33. The fraction of sp³-hybridized carbons (Fsp3) is 0.611. The third kappa shape index (κ3) is 6.22.